The van der Waals surface area contributed by atoms with Crippen molar-refractivity contribution in [2.24, 2.45) is 5.92 Å². The van der Waals surface area contributed by atoms with Gasteiger partial charge in [0, 0.05) is 44.4 Å². The summed E-state index contributed by atoms with van der Waals surface area (Å²) < 4.78 is 7.08. The number of aromatic nitrogens is 1. The average molecular weight is 335 g/mol. The van der Waals surface area contributed by atoms with E-state index in [4.69, 9.17) is 4.74 Å². The van der Waals surface area contributed by atoms with Crippen LogP contribution in [0.3, 0.4) is 0 Å². The zero-order valence-electron chi connectivity index (χ0n) is 15.2. The number of likely N-dealkylation sites (N-methyl/N-ethyl adjacent to an activating group) is 1. The first kappa shape index (κ1) is 18.5. The highest BCUT2D eigenvalue weighted by molar-refractivity contribution is 5.98. The van der Waals surface area contributed by atoms with Crippen molar-refractivity contribution in [1.82, 2.24) is 14.8 Å². The van der Waals surface area contributed by atoms with Gasteiger partial charge in [0.25, 0.3) is 11.5 Å². The van der Waals surface area contributed by atoms with Crippen LogP contribution in [0.2, 0.25) is 0 Å². The molecule has 6 nitrogen and oxygen atoms in total. The molecule has 0 bridgehead atoms. The second-order valence-electron chi connectivity index (χ2n) is 6.65. The predicted molar refractivity (Wildman–Crippen MR) is 94.9 cm³/mol. The Morgan fingerprint density at radius 3 is 2.71 bits per heavy atom. The molecular weight excluding hydrogens is 306 g/mol. The van der Waals surface area contributed by atoms with Crippen LogP contribution in [0, 0.1) is 5.92 Å². The first-order chi connectivity index (χ1) is 11.5. The molecular formula is C18H29N3O3. The van der Waals surface area contributed by atoms with Crippen LogP contribution in [0.25, 0.3) is 0 Å². The highest BCUT2D eigenvalue weighted by Crippen LogP contribution is 2.22. The van der Waals surface area contributed by atoms with Crippen molar-refractivity contribution in [3.63, 3.8) is 0 Å². The number of pyridine rings is 1. The fraction of sp³-hybridized carbons (Fsp3) is 0.667. The summed E-state index contributed by atoms with van der Waals surface area (Å²) in [6.45, 7) is 10.2. The Bertz CT molecular complexity index is 637. The van der Waals surface area contributed by atoms with E-state index in [1.807, 2.05) is 0 Å². The maximum atomic E-state index is 12.7. The Balaban J connectivity index is 2.36. The summed E-state index contributed by atoms with van der Waals surface area (Å²) in [6.07, 6.45) is 1.60. The average Bonchev–Trinajstić information content (AvgIpc) is 2.77. The van der Waals surface area contributed by atoms with E-state index >= 15 is 0 Å². The third kappa shape index (κ3) is 4.17. The lowest BCUT2D eigenvalue weighted by Crippen LogP contribution is -2.32. The quantitative estimate of drug-likeness (QED) is 0.856. The molecule has 0 fully saturated rings. The summed E-state index contributed by atoms with van der Waals surface area (Å²) >= 11 is 0. The molecule has 1 aromatic heterocycles. The maximum Gasteiger partial charge on any atom is 0.256 e. The second kappa shape index (κ2) is 8.33. The minimum atomic E-state index is -0.152. The molecule has 0 unspecified atom stereocenters. The Kier molecular flexibility index (Phi) is 6.43. The maximum absolute atomic E-state index is 12.7. The Morgan fingerprint density at radius 1 is 1.33 bits per heavy atom. The van der Waals surface area contributed by atoms with Gasteiger partial charge in [0.1, 0.15) is 11.3 Å². The van der Waals surface area contributed by atoms with Crippen molar-refractivity contribution >= 4 is 5.91 Å². The molecule has 0 radical (unpaired) electrons. The van der Waals surface area contributed by atoms with Gasteiger partial charge in [-0.1, -0.05) is 20.8 Å². The van der Waals surface area contributed by atoms with Crippen LogP contribution < -0.4 is 15.6 Å². The first-order valence-corrected chi connectivity index (χ1v) is 8.79. The Morgan fingerprint density at radius 2 is 2.08 bits per heavy atom. The van der Waals surface area contributed by atoms with Crippen molar-refractivity contribution < 1.29 is 9.53 Å². The van der Waals surface area contributed by atoms with Gasteiger partial charge < -0.3 is 19.5 Å². The molecule has 1 N–H and O–H groups in total. The molecule has 0 atom stereocenters. The molecule has 0 aromatic carbocycles. The number of hydrogen-bond donors (Lipinski definition) is 1. The number of ether oxygens (including phenoxy) is 1. The summed E-state index contributed by atoms with van der Waals surface area (Å²) in [7, 11) is 1.51. The Labute approximate surface area is 143 Å². The van der Waals surface area contributed by atoms with Crippen LogP contribution in [-0.4, -0.2) is 48.7 Å². The van der Waals surface area contributed by atoms with E-state index < -0.39 is 0 Å². The molecule has 1 aliphatic heterocycles. The molecule has 1 amide bonds. The fourth-order valence-electron chi connectivity index (χ4n) is 3.08. The van der Waals surface area contributed by atoms with Gasteiger partial charge in [0.15, 0.2) is 0 Å². The normalized spacial score (nSPS) is 15.0. The monoisotopic (exact) mass is 335 g/mol. The van der Waals surface area contributed by atoms with Crippen LogP contribution in [0.1, 0.15) is 43.2 Å². The largest absolute Gasteiger partial charge is 0.496 e. The number of rotatable bonds is 6. The topological polar surface area (TPSA) is 63.6 Å². The highest BCUT2D eigenvalue weighted by atomic mass is 16.5. The number of hydrogen-bond acceptors (Lipinski definition) is 4. The fourth-order valence-corrected chi connectivity index (χ4v) is 3.08. The molecule has 2 heterocycles. The molecule has 0 spiro atoms. The van der Waals surface area contributed by atoms with E-state index in [9.17, 15) is 9.59 Å². The summed E-state index contributed by atoms with van der Waals surface area (Å²) in [5.41, 5.74) is 1.20. The number of nitrogens with zero attached hydrogens (tertiary/aromatic N) is 2. The van der Waals surface area contributed by atoms with E-state index in [0.717, 1.165) is 31.7 Å². The third-order valence-electron chi connectivity index (χ3n) is 4.59. The summed E-state index contributed by atoms with van der Waals surface area (Å²) in [5, 5.41) is 2.97. The standard InChI is InChI=1S/C18H29N3O3/c1-5-20-9-7-14-17(18(23)19-8-6-13(2)3)15(24-4)12-16(22)21(14)11-10-20/h12-13H,5-11H2,1-4H3,(H,19,23). The molecule has 0 saturated heterocycles. The van der Waals surface area contributed by atoms with Crippen LogP contribution in [0.15, 0.2) is 10.9 Å². The predicted octanol–water partition coefficient (Wildman–Crippen LogP) is 1.51. The van der Waals surface area contributed by atoms with E-state index in [1.165, 1.54) is 13.2 Å². The minimum Gasteiger partial charge on any atom is -0.496 e. The number of carbonyl (C=O) groups excluding carboxylic acids is 1. The highest BCUT2D eigenvalue weighted by Gasteiger charge is 2.24. The second-order valence-corrected chi connectivity index (χ2v) is 6.65. The summed E-state index contributed by atoms with van der Waals surface area (Å²) in [6, 6.07) is 1.43. The minimum absolute atomic E-state index is 0.0986. The van der Waals surface area contributed by atoms with E-state index in [2.05, 4.69) is 31.0 Å². The van der Waals surface area contributed by atoms with Crippen LogP contribution >= 0.6 is 0 Å². The van der Waals surface area contributed by atoms with Gasteiger partial charge in [-0.15, -0.1) is 0 Å². The smallest absolute Gasteiger partial charge is 0.256 e. The zero-order valence-corrected chi connectivity index (χ0v) is 15.2. The van der Waals surface area contributed by atoms with Gasteiger partial charge in [-0.25, -0.2) is 0 Å². The van der Waals surface area contributed by atoms with Crippen molar-refractivity contribution in [2.75, 3.05) is 33.3 Å². The lowest BCUT2D eigenvalue weighted by Gasteiger charge is -2.17. The lowest BCUT2D eigenvalue weighted by atomic mass is 10.1. The van der Waals surface area contributed by atoms with Crippen LogP contribution in [-0.2, 0) is 13.0 Å². The third-order valence-corrected chi connectivity index (χ3v) is 4.59. The SMILES string of the molecule is CCN1CCc2c(C(=O)NCCC(C)C)c(OC)cc(=O)n2CC1. The van der Waals surface area contributed by atoms with E-state index in [0.29, 0.717) is 36.7 Å². The molecule has 134 valence electrons. The first-order valence-electron chi connectivity index (χ1n) is 8.79. The lowest BCUT2D eigenvalue weighted by molar-refractivity contribution is 0.0946. The summed E-state index contributed by atoms with van der Waals surface area (Å²) in [4.78, 5) is 27.4. The van der Waals surface area contributed by atoms with Gasteiger partial charge in [-0.3, -0.25) is 9.59 Å². The van der Waals surface area contributed by atoms with E-state index in [1.54, 1.807) is 4.57 Å². The Hall–Kier alpha value is -1.82. The molecule has 24 heavy (non-hydrogen) atoms. The van der Waals surface area contributed by atoms with Gasteiger partial charge in [-0.05, 0) is 18.9 Å². The number of nitrogens with one attached hydrogen (secondary N) is 1. The van der Waals surface area contributed by atoms with Gasteiger partial charge in [0.2, 0.25) is 0 Å². The van der Waals surface area contributed by atoms with Crippen molar-refractivity contribution in [3.05, 3.63) is 27.7 Å². The molecule has 0 saturated carbocycles. The van der Waals surface area contributed by atoms with Crippen molar-refractivity contribution in [3.8, 4) is 5.75 Å². The number of carbonyl (C=O) groups is 1. The molecule has 6 heteroatoms. The molecule has 1 aromatic rings. The molecule has 2 rings (SSSR count). The molecule has 1 aliphatic rings. The van der Waals surface area contributed by atoms with Gasteiger partial charge in [0.05, 0.1) is 7.11 Å². The number of fused-ring (bicyclic) bond motifs is 1. The number of methoxy groups -OCH3 is 1. The van der Waals surface area contributed by atoms with Gasteiger partial charge >= 0.3 is 0 Å². The van der Waals surface area contributed by atoms with Crippen LogP contribution in [0.4, 0.5) is 0 Å². The van der Waals surface area contributed by atoms with Crippen LogP contribution in [0.5, 0.6) is 5.75 Å². The van der Waals surface area contributed by atoms with Crippen molar-refractivity contribution in [2.45, 2.75) is 40.2 Å². The van der Waals surface area contributed by atoms with Gasteiger partial charge in [-0.2, -0.15) is 0 Å². The van der Waals surface area contributed by atoms with E-state index in [-0.39, 0.29) is 11.5 Å². The van der Waals surface area contributed by atoms with Crippen molar-refractivity contribution in [1.29, 1.82) is 0 Å². The number of amides is 1. The zero-order chi connectivity index (χ0) is 17.7. The molecule has 0 aliphatic carbocycles. The summed E-state index contributed by atoms with van der Waals surface area (Å²) in [5.74, 6) is 0.750.